The fourth-order valence-corrected chi connectivity index (χ4v) is 3.82. The van der Waals surface area contributed by atoms with Gasteiger partial charge in [-0.3, -0.25) is 14.4 Å². The van der Waals surface area contributed by atoms with Gasteiger partial charge < -0.3 is 21.3 Å². The number of carbonyl (C=O) groups is 4. The molecular weight excluding hydrogens is 531 g/mol. The van der Waals surface area contributed by atoms with Crippen LogP contribution < -0.4 is 21.3 Å². The van der Waals surface area contributed by atoms with Gasteiger partial charge in [0.2, 0.25) is 11.7 Å². The normalized spacial score (nSPS) is 12.4. The van der Waals surface area contributed by atoms with Crippen LogP contribution in [0.3, 0.4) is 0 Å². The van der Waals surface area contributed by atoms with Gasteiger partial charge in [-0.2, -0.15) is 0 Å². The van der Waals surface area contributed by atoms with Crippen LogP contribution in [0.4, 0.5) is 9.18 Å². The lowest BCUT2D eigenvalue weighted by Gasteiger charge is -2.23. The summed E-state index contributed by atoms with van der Waals surface area (Å²) in [4.78, 5) is 50.5. The Morgan fingerprint density at radius 2 is 1.61 bits per heavy atom. The molecule has 4 amide bonds. The molecule has 0 saturated heterocycles. The summed E-state index contributed by atoms with van der Waals surface area (Å²) >= 11 is 3.23. The van der Waals surface area contributed by atoms with E-state index in [-0.39, 0.29) is 31.0 Å². The molecule has 194 valence electrons. The van der Waals surface area contributed by atoms with Crippen molar-refractivity contribution in [3.8, 4) is 0 Å². The van der Waals surface area contributed by atoms with Gasteiger partial charge in [-0.15, -0.1) is 0 Å². The highest BCUT2D eigenvalue weighted by Crippen LogP contribution is 2.15. The van der Waals surface area contributed by atoms with Gasteiger partial charge in [0, 0.05) is 23.1 Å². The molecule has 0 bridgehead atoms. The third-order valence-electron chi connectivity index (χ3n) is 5.34. The fraction of sp³-hybridized carbons (Fsp3) is 0.385. The van der Waals surface area contributed by atoms with Gasteiger partial charge in [-0.1, -0.05) is 67.0 Å². The molecule has 2 aromatic carbocycles. The highest BCUT2D eigenvalue weighted by molar-refractivity contribution is 9.10. The zero-order chi connectivity index (χ0) is 26.7. The molecular formula is C26H32BrFN4O4. The largest absolute Gasteiger partial charge is 0.345 e. The highest BCUT2D eigenvalue weighted by atomic mass is 79.9. The van der Waals surface area contributed by atoms with E-state index >= 15 is 0 Å². The maximum atomic E-state index is 13.9. The van der Waals surface area contributed by atoms with Crippen molar-refractivity contribution in [2.45, 2.75) is 58.8 Å². The van der Waals surface area contributed by atoms with Crippen molar-refractivity contribution in [2.75, 3.05) is 0 Å². The number of amides is 4. The van der Waals surface area contributed by atoms with E-state index in [1.54, 1.807) is 6.92 Å². The Morgan fingerprint density at radius 3 is 2.25 bits per heavy atom. The molecule has 0 aromatic heterocycles. The second kappa shape index (κ2) is 14.3. The molecule has 0 saturated carbocycles. The van der Waals surface area contributed by atoms with Crippen LogP contribution in [0.1, 0.15) is 44.7 Å². The Morgan fingerprint density at radius 1 is 0.917 bits per heavy atom. The van der Waals surface area contributed by atoms with Crippen LogP contribution in [0, 0.1) is 11.7 Å². The van der Waals surface area contributed by atoms with Gasteiger partial charge >= 0.3 is 6.03 Å². The molecule has 0 aliphatic rings. The third-order valence-corrected chi connectivity index (χ3v) is 5.83. The number of Topliss-reactive ketones (excluding diaryl/α,β-unsaturated/α-hetero) is 1. The number of hydrogen-bond acceptors (Lipinski definition) is 4. The first kappa shape index (κ1) is 29.0. The van der Waals surface area contributed by atoms with Crippen molar-refractivity contribution in [3.05, 3.63) is 69.9 Å². The topological polar surface area (TPSA) is 116 Å². The molecule has 0 heterocycles. The van der Waals surface area contributed by atoms with E-state index < -0.39 is 41.5 Å². The summed E-state index contributed by atoms with van der Waals surface area (Å²) < 4.78 is 14.5. The van der Waals surface area contributed by atoms with Crippen molar-refractivity contribution in [2.24, 2.45) is 5.92 Å². The van der Waals surface area contributed by atoms with E-state index in [4.69, 9.17) is 0 Å². The number of hydrogen-bond donors (Lipinski definition) is 4. The van der Waals surface area contributed by atoms with Gasteiger partial charge in [0.15, 0.2) is 0 Å². The van der Waals surface area contributed by atoms with Crippen molar-refractivity contribution in [1.82, 2.24) is 21.3 Å². The Bertz CT molecular complexity index is 1070. The fourth-order valence-electron chi connectivity index (χ4n) is 3.42. The minimum Gasteiger partial charge on any atom is -0.345 e. The van der Waals surface area contributed by atoms with E-state index in [1.807, 2.05) is 44.2 Å². The molecule has 1 unspecified atom stereocenters. The highest BCUT2D eigenvalue weighted by Gasteiger charge is 2.29. The second-order valence-electron chi connectivity index (χ2n) is 8.75. The molecule has 0 aliphatic heterocycles. The number of ketones is 1. The standard InChI is InChI=1S/C26H32BrFN4O4/c1-4-21(23(33)25(35)29-15-18-13-19(27)10-11-20(18)28)31-24(34)22(12-16(2)3)32-26(36)30-14-17-8-6-5-7-9-17/h5-11,13,16,21-22H,4,12,14-15H2,1-3H3,(H,29,35)(H,31,34)(H2,30,32,36)/t21?,22-/m0/s1. The first-order chi connectivity index (χ1) is 17.1. The van der Waals surface area contributed by atoms with Crippen molar-refractivity contribution >= 4 is 39.6 Å². The van der Waals surface area contributed by atoms with Crippen LogP contribution in [-0.4, -0.2) is 35.7 Å². The van der Waals surface area contributed by atoms with E-state index in [1.165, 1.54) is 18.2 Å². The van der Waals surface area contributed by atoms with Crippen molar-refractivity contribution in [1.29, 1.82) is 0 Å². The lowest BCUT2D eigenvalue weighted by atomic mass is 10.0. The maximum Gasteiger partial charge on any atom is 0.315 e. The predicted octanol–water partition coefficient (Wildman–Crippen LogP) is 3.58. The molecule has 10 heteroatoms. The smallest absolute Gasteiger partial charge is 0.315 e. The monoisotopic (exact) mass is 562 g/mol. The molecule has 0 fully saturated rings. The third kappa shape index (κ3) is 9.41. The maximum absolute atomic E-state index is 13.9. The number of benzene rings is 2. The van der Waals surface area contributed by atoms with Crippen LogP contribution >= 0.6 is 15.9 Å². The Hall–Kier alpha value is -3.27. The summed E-state index contributed by atoms with van der Waals surface area (Å²) in [6.07, 6.45) is 0.501. The number of nitrogens with one attached hydrogen (secondary N) is 4. The lowest BCUT2D eigenvalue weighted by molar-refractivity contribution is -0.140. The summed E-state index contributed by atoms with van der Waals surface area (Å²) in [5.41, 5.74) is 1.12. The van der Waals surface area contributed by atoms with Gasteiger partial charge in [-0.25, -0.2) is 9.18 Å². The van der Waals surface area contributed by atoms with E-state index in [9.17, 15) is 23.6 Å². The van der Waals surface area contributed by atoms with Crippen LogP contribution in [0.25, 0.3) is 0 Å². The number of urea groups is 1. The van der Waals surface area contributed by atoms with E-state index in [2.05, 4.69) is 37.2 Å². The molecule has 2 aromatic rings. The summed E-state index contributed by atoms with van der Waals surface area (Å²) in [6.45, 7) is 5.57. The van der Waals surface area contributed by atoms with Crippen molar-refractivity contribution < 1.29 is 23.6 Å². The molecule has 2 rings (SSSR count). The first-order valence-electron chi connectivity index (χ1n) is 11.7. The summed E-state index contributed by atoms with van der Waals surface area (Å²) in [5, 5.41) is 10.3. The summed E-state index contributed by atoms with van der Waals surface area (Å²) in [7, 11) is 0. The number of halogens is 2. The van der Waals surface area contributed by atoms with E-state index in [0.29, 0.717) is 10.9 Å². The Kier molecular flexibility index (Phi) is 11.5. The molecule has 0 aliphatic carbocycles. The first-order valence-corrected chi connectivity index (χ1v) is 12.5. The SMILES string of the molecule is CCC(NC(=O)[C@H](CC(C)C)NC(=O)NCc1ccccc1)C(=O)C(=O)NCc1cc(Br)ccc1F. The summed E-state index contributed by atoms with van der Waals surface area (Å²) in [6, 6.07) is 11.1. The minimum absolute atomic E-state index is 0.0781. The average molecular weight is 563 g/mol. The van der Waals surface area contributed by atoms with Gasteiger partial charge in [0.1, 0.15) is 11.9 Å². The van der Waals surface area contributed by atoms with Crippen LogP contribution in [0.5, 0.6) is 0 Å². The zero-order valence-corrected chi connectivity index (χ0v) is 22.2. The Balaban J connectivity index is 1.96. The molecule has 4 N–H and O–H groups in total. The van der Waals surface area contributed by atoms with E-state index in [0.717, 1.165) is 5.56 Å². The molecule has 2 atom stereocenters. The lowest BCUT2D eigenvalue weighted by Crippen LogP contribution is -2.55. The number of rotatable bonds is 12. The van der Waals surface area contributed by atoms with Crippen LogP contribution in [-0.2, 0) is 27.5 Å². The van der Waals surface area contributed by atoms with Crippen LogP contribution in [0.15, 0.2) is 53.0 Å². The van der Waals surface area contributed by atoms with Crippen molar-refractivity contribution in [3.63, 3.8) is 0 Å². The Labute approximate surface area is 218 Å². The van der Waals surface area contributed by atoms with Gasteiger partial charge in [-0.05, 0) is 42.5 Å². The predicted molar refractivity (Wildman–Crippen MR) is 138 cm³/mol. The summed E-state index contributed by atoms with van der Waals surface area (Å²) in [5.74, 6) is -2.79. The minimum atomic E-state index is -1.09. The molecule has 0 spiro atoms. The van der Waals surface area contributed by atoms with Gasteiger partial charge in [0.05, 0.1) is 6.04 Å². The van der Waals surface area contributed by atoms with Crippen LogP contribution in [0.2, 0.25) is 0 Å². The second-order valence-corrected chi connectivity index (χ2v) is 9.66. The molecule has 0 radical (unpaired) electrons. The quantitative estimate of drug-likeness (QED) is 0.296. The molecule has 36 heavy (non-hydrogen) atoms. The number of carbonyl (C=O) groups excluding carboxylic acids is 4. The zero-order valence-electron chi connectivity index (χ0n) is 20.6. The molecule has 8 nitrogen and oxygen atoms in total. The average Bonchev–Trinajstić information content (AvgIpc) is 2.85. The van der Waals surface area contributed by atoms with Gasteiger partial charge in [0.25, 0.3) is 5.91 Å².